The van der Waals surface area contributed by atoms with Gasteiger partial charge in [-0.1, -0.05) is 12.1 Å². The highest BCUT2D eigenvalue weighted by Gasteiger charge is 2.40. The van der Waals surface area contributed by atoms with Gasteiger partial charge in [0, 0.05) is 12.6 Å². The predicted molar refractivity (Wildman–Crippen MR) is 104 cm³/mol. The molecule has 5 rings (SSSR count). The van der Waals surface area contributed by atoms with Crippen molar-refractivity contribution in [3.63, 3.8) is 0 Å². The second-order valence-electron chi connectivity index (χ2n) is 7.53. The summed E-state index contributed by atoms with van der Waals surface area (Å²) in [6, 6.07) is 9.32. The van der Waals surface area contributed by atoms with Gasteiger partial charge >= 0.3 is 6.18 Å². The third-order valence-electron chi connectivity index (χ3n) is 5.57. The minimum absolute atomic E-state index is 0.0626. The van der Waals surface area contributed by atoms with Crippen molar-refractivity contribution in [2.75, 3.05) is 13.8 Å². The lowest BCUT2D eigenvalue weighted by Crippen LogP contribution is -2.34. The van der Waals surface area contributed by atoms with Crippen molar-refractivity contribution in [3.8, 4) is 22.6 Å². The van der Waals surface area contributed by atoms with Crippen LogP contribution >= 0.6 is 0 Å². The molecule has 2 heterocycles. The molecule has 8 heteroatoms. The van der Waals surface area contributed by atoms with Crippen molar-refractivity contribution in [3.05, 3.63) is 57.9 Å². The summed E-state index contributed by atoms with van der Waals surface area (Å²) in [6.07, 6.45) is -2.78. The van der Waals surface area contributed by atoms with Crippen molar-refractivity contribution < 1.29 is 27.1 Å². The van der Waals surface area contributed by atoms with E-state index in [0.29, 0.717) is 36.4 Å². The van der Waals surface area contributed by atoms with E-state index in [1.54, 1.807) is 6.07 Å². The summed E-state index contributed by atoms with van der Waals surface area (Å²) in [6.45, 7) is 0.767. The van der Waals surface area contributed by atoms with E-state index in [1.807, 2.05) is 4.90 Å². The minimum Gasteiger partial charge on any atom is -0.497 e. The van der Waals surface area contributed by atoms with Crippen LogP contribution in [0.25, 0.3) is 22.1 Å². The Morgan fingerprint density at radius 3 is 2.47 bits per heavy atom. The molecule has 0 spiro atoms. The maximum Gasteiger partial charge on any atom is 0.450 e. The fourth-order valence-corrected chi connectivity index (χ4v) is 3.88. The number of methoxy groups -OCH3 is 1. The lowest BCUT2D eigenvalue weighted by Gasteiger charge is -2.29. The van der Waals surface area contributed by atoms with Crippen LogP contribution in [0.5, 0.6) is 11.5 Å². The summed E-state index contributed by atoms with van der Waals surface area (Å²) in [4.78, 5) is 15.3. The number of nitrogens with zero attached hydrogens (tertiary/aromatic N) is 1. The Bertz CT molecular complexity index is 1180. The van der Waals surface area contributed by atoms with Crippen molar-refractivity contribution in [1.82, 2.24) is 4.90 Å². The molecule has 0 atom stereocenters. The van der Waals surface area contributed by atoms with Crippen LogP contribution in [0.3, 0.4) is 0 Å². The molecule has 1 fully saturated rings. The number of fused-ring (bicyclic) bond motifs is 3. The Morgan fingerprint density at radius 1 is 1.10 bits per heavy atom. The van der Waals surface area contributed by atoms with E-state index in [2.05, 4.69) is 0 Å². The highest BCUT2D eigenvalue weighted by Crippen LogP contribution is 2.41. The molecule has 30 heavy (non-hydrogen) atoms. The number of hydrogen-bond donors (Lipinski definition) is 0. The number of ether oxygens (including phenoxy) is 2. The zero-order valence-corrected chi connectivity index (χ0v) is 16.1. The molecule has 2 aromatic carbocycles. The van der Waals surface area contributed by atoms with Crippen LogP contribution in [0.4, 0.5) is 13.2 Å². The highest BCUT2D eigenvalue weighted by molar-refractivity contribution is 5.87. The predicted octanol–water partition coefficient (Wildman–Crippen LogP) is 4.80. The van der Waals surface area contributed by atoms with Crippen LogP contribution in [-0.2, 0) is 12.7 Å². The van der Waals surface area contributed by atoms with E-state index in [4.69, 9.17) is 13.9 Å². The zero-order chi connectivity index (χ0) is 21.0. The molecular formula is C22H18F3NO4. The van der Waals surface area contributed by atoms with Gasteiger partial charge in [0.05, 0.1) is 23.6 Å². The molecule has 0 saturated heterocycles. The van der Waals surface area contributed by atoms with Gasteiger partial charge in [0.2, 0.25) is 11.2 Å². The first-order valence-corrected chi connectivity index (χ1v) is 9.58. The van der Waals surface area contributed by atoms with Gasteiger partial charge in [-0.05, 0) is 42.7 Å². The molecule has 0 radical (unpaired) electrons. The quantitative estimate of drug-likeness (QED) is 0.613. The molecule has 0 bridgehead atoms. The molecule has 1 aliphatic carbocycles. The monoisotopic (exact) mass is 417 g/mol. The van der Waals surface area contributed by atoms with Crippen LogP contribution in [0, 0.1) is 0 Å². The van der Waals surface area contributed by atoms with Gasteiger partial charge in [-0.15, -0.1) is 0 Å². The maximum atomic E-state index is 13.9. The van der Waals surface area contributed by atoms with Gasteiger partial charge in [-0.3, -0.25) is 9.69 Å². The smallest absolute Gasteiger partial charge is 0.450 e. The van der Waals surface area contributed by atoms with E-state index < -0.39 is 22.9 Å². The second-order valence-corrected chi connectivity index (χ2v) is 7.53. The van der Waals surface area contributed by atoms with Crippen molar-refractivity contribution in [2.24, 2.45) is 0 Å². The molecule has 1 saturated carbocycles. The Balaban J connectivity index is 1.75. The third kappa shape index (κ3) is 3.11. The maximum absolute atomic E-state index is 13.9. The van der Waals surface area contributed by atoms with E-state index >= 15 is 0 Å². The molecule has 5 nitrogen and oxygen atoms in total. The number of rotatable bonds is 3. The average Bonchev–Trinajstić information content (AvgIpc) is 3.58. The van der Waals surface area contributed by atoms with Crippen LogP contribution in [-0.4, -0.2) is 24.8 Å². The van der Waals surface area contributed by atoms with E-state index in [-0.39, 0.29) is 16.5 Å². The molecular weight excluding hydrogens is 399 g/mol. The lowest BCUT2D eigenvalue weighted by molar-refractivity contribution is -0.152. The number of benzene rings is 2. The topological polar surface area (TPSA) is 51.9 Å². The number of halogens is 3. The highest BCUT2D eigenvalue weighted by atomic mass is 19.4. The summed E-state index contributed by atoms with van der Waals surface area (Å²) in [7, 11) is 1.46. The molecule has 0 unspecified atom stereocenters. The van der Waals surface area contributed by atoms with Gasteiger partial charge in [0.1, 0.15) is 23.8 Å². The minimum atomic E-state index is -4.84. The van der Waals surface area contributed by atoms with E-state index in [9.17, 15) is 18.0 Å². The standard InChI is InChI=1S/C22H18F3NO4/c1-28-14-6-2-12(3-7-14)18-19(27)15-8-9-17-16(10-26(11-29-17)13-4-5-13)20(15)30-21(18)22(23,24)25/h2-3,6-9,13H,4-5,10-11H2,1H3. The van der Waals surface area contributed by atoms with Gasteiger partial charge in [0.15, 0.2) is 0 Å². The Labute approximate surface area is 169 Å². The Kier molecular flexibility index (Phi) is 4.28. The van der Waals surface area contributed by atoms with Gasteiger partial charge in [0.25, 0.3) is 0 Å². The summed E-state index contributed by atoms with van der Waals surface area (Å²) < 4.78 is 58.0. The summed E-state index contributed by atoms with van der Waals surface area (Å²) in [5, 5.41) is 0.105. The molecule has 156 valence electrons. The number of hydrogen-bond acceptors (Lipinski definition) is 5. The first-order valence-electron chi connectivity index (χ1n) is 9.58. The van der Waals surface area contributed by atoms with Gasteiger partial charge < -0.3 is 13.9 Å². The van der Waals surface area contributed by atoms with Crippen molar-refractivity contribution >= 4 is 11.0 Å². The Hall–Kier alpha value is -3.00. The molecule has 0 N–H and O–H groups in total. The summed E-state index contributed by atoms with van der Waals surface area (Å²) in [5.74, 6) is -0.376. The van der Waals surface area contributed by atoms with E-state index in [0.717, 1.165) is 12.8 Å². The van der Waals surface area contributed by atoms with Crippen LogP contribution in [0.15, 0.2) is 45.6 Å². The largest absolute Gasteiger partial charge is 0.497 e. The lowest BCUT2D eigenvalue weighted by atomic mass is 9.99. The Morgan fingerprint density at radius 2 is 1.83 bits per heavy atom. The SMILES string of the molecule is COc1ccc(-c2c(C(F)(F)F)oc3c4c(ccc3c2=O)OCN(C2CC2)C4)cc1. The van der Waals surface area contributed by atoms with Gasteiger partial charge in [-0.2, -0.15) is 13.2 Å². The molecule has 1 aliphatic heterocycles. The van der Waals surface area contributed by atoms with Crippen molar-refractivity contribution in [2.45, 2.75) is 31.6 Å². The van der Waals surface area contributed by atoms with Gasteiger partial charge in [-0.25, -0.2) is 0 Å². The molecule has 0 amide bonds. The molecule has 1 aromatic heterocycles. The molecule has 3 aromatic rings. The summed E-state index contributed by atoms with van der Waals surface area (Å²) >= 11 is 0. The average molecular weight is 417 g/mol. The van der Waals surface area contributed by atoms with Crippen LogP contribution < -0.4 is 14.9 Å². The normalized spacial score (nSPS) is 16.9. The molecule has 2 aliphatic rings. The zero-order valence-electron chi connectivity index (χ0n) is 16.1. The number of alkyl halides is 3. The van der Waals surface area contributed by atoms with Crippen molar-refractivity contribution in [1.29, 1.82) is 0 Å². The first-order chi connectivity index (χ1) is 14.4. The first kappa shape index (κ1) is 19.0. The fourth-order valence-electron chi connectivity index (χ4n) is 3.88. The fraction of sp³-hybridized carbons (Fsp3) is 0.318. The third-order valence-corrected chi connectivity index (χ3v) is 5.57. The second kappa shape index (κ2) is 6.77. The van der Waals surface area contributed by atoms with E-state index in [1.165, 1.54) is 37.4 Å². The van der Waals surface area contributed by atoms with Crippen LogP contribution in [0.2, 0.25) is 0 Å². The van der Waals surface area contributed by atoms with Crippen LogP contribution in [0.1, 0.15) is 24.2 Å². The summed E-state index contributed by atoms with van der Waals surface area (Å²) in [5.41, 5.74) is -0.692.